The van der Waals surface area contributed by atoms with Gasteiger partial charge < -0.3 is 0 Å². The summed E-state index contributed by atoms with van der Waals surface area (Å²) in [5.74, 6) is 4.47. The molecule has 0 aromatic carbocycles. The molecule has 0 saturated heterocycles. The Balaban J connectivity index is 3.51. The van der Waals surface area contributed by atoms with Gasteiger partial charge in [0, 0.05) is 6.92 Å². The number of nitrogens with two attached hydrogens (primary N) is 1. The van der Waals surface area contributed by atoms with E-state index in [-0.39, 0.29) is 6.54 Å². The highest BCUT2D eigenvalue weighted by Crippen LogP contribution is 2.15. The predicted molar refractivity (Wildman–Crippen MR) is 33.6 cm³/mol. The van der Waals surface area contributed by atoms with Gasteiger partial charge in [-0.15, -0.1) is 13.2 Å². The first-order valence-corrected chi connectivity index (χ1v) is 3.06. The Bertz CT molecular complexity index is 159. The Hall–Kier alpha value is -0.820. The summed E-state index contributed by atoms with van der Waals surface area (Å²) < 4.78 is 37.4. The maximum atomic E-state index is 11.3. The van der Waals surface area contributed by atoms with Gasteiger partial charge in [0.05, 0.1) is 13.2 Å². The van der Waals surface area contributed by atoms with Gasteiger partial charge in [-0.05, 0) is 0 Å². The Kier molecular flexibility index (Phi) is 3.98. The molecule has 0 aliphatic carbocycles. The number of nitrogens with zero attached hydrogens (tertiary/aromatic N) is 1. The third-order valence-corrected chi connectivity index (χ3v) is 1.00. The van der Waals surface area contributed by atoms with Gasteiger partial charge >= 0.3 is 6.36 Å². The van der Waals surface area contributed by atoms with Gasteiger partial charge in [-0.2, -0.15) is 0 Å². The summed E-state index contributed by atoms with van der Waals surface area (Å²) in [4.78, 5) is 10.4. The molecule has 0 aromatic heterocycles. The smallest absolute Gasteiger partial charge is 0.290 e. The second-order valence-electron chi connectivity index (χ2n) is 2.01. The van der Waals surface area contributed by atoms with Crippen molar-refractivity contribution in [2.24, 2.45) is 5.84 Å². The van der Waals surface area contributed by atoms with Crippen molar-refractivity contribution < 1.29 is 22.7 Å². The number of ether oxygens (including phenoxy) is 1. The number of carbonyl (C=O) groups is 1. The fourth-order valence-corrected chi connectivity index (χ4v) is 0.417. The third kappa shape index (κ3) is 5.93. The molecule has 12 heavy (non-hydrogen) atoms. The first-order valence-electron chi connectivity index (χ1n) is 3.06. The molecule has 0 atom stereocenters. The van der Waals surface area contributed by atoms with Gasteiger partial charge in [0.15, 0.2) is 0 Å². The highest BCUT2D eigenvalue weighted by Gasteiger charge is 2.28. The molecule has 0 rings (SSSR count). The van der Waals surface area contributed by atoms with E-state index in [1.54, 1.807) is 0 Å². The summed E-state index contributed by atoms with van der Waals surface area (Å²) >= 11 is 0. The normalized spacial score (nSPS) is 11.4. The number of hydrazine groups is 1. The zero-order valence-electron chi connectivity index (χ0n) is 6.39. The van der Waals surface area contributed by atoms with Crippen molar-refractivity contribution >= 4 is 5.91 Å². The van der Waals surface area contributed by atoms with E-state index in [2.05, 4.69) is 4.74 Å². The minimum Gasteiger partial charge on any atom is -0.290 e. The summed E-state index contributed by atoms with van der Waals surface area (Å²) in [6, 6.07) is 0. The quantitative estimate of drug-likeness (QED) is 0.390. The molecule has 0 aliphatic rings. The van der Waals surface area contributed by atoms with Gasteiger partial charge in [-0.3, -0.25) is 14.5 Å². The molecule has 0 fully saturated rings. The van der Waals surface area contributed by atoms with Crippen LogP contribution in [0.1, 0.15) is 6.92 Å². The number of hydrogen-bond acceptors (Lipinski definition) is 3. The molecule has 0 heterocycles. The van der Waals surface area contributed by atoms with E-state index >= 15 is 0 Å². The minimum absolute atomic E-state index is 0.283. The van der Waals surface area contributed by atoms with Crippen LogP contribution >= 0.6 is 0 Å². The van der Waals surface area contributed by atoms with Crippen molar-refractivity contribution in [1.82, 2.24) is 5.01 Å². The lowest BCUT2D eigenvalue weighted by Crippen LogP contribution is -2.38. The molecule has 0 spiro atoms. The molecule has 0 saturated carbocycles. The molecular formula is C5H9F3N2O2. The molecule has 0 aliphatic heterocycles. The Morgan fingerprint density at radius 1 is 1.58 bits per heavy atom. The standard InChI is InChI=1S/C5H9F3N2O2/c1-4(11)10(9)2-3-12-5(6,7)8/h2-3,9H2,1H3. The minimum atomic E-state index is -4.67. The monoisotopic (exact) mass is 186 g/mol. The van der Waals surface area contributed by atoms with Crippen LogP contribution in [0.15, 0.2) is 0 Å². The van der Waals surface area contributed by atoms with Crippen molar-refractivity contribution in [3.8, 4) is 0 Å². The molecule has 72 valence electrons. The first kappa shape index (κ1) is 11.2. The van der Waals surface area contributed by atoms with Crippen molar-refractivity contribution in [2.45, 2.75) is 13.3 Å². The lowest BCUT2D eigenvalue weighted by atomic mass is 10.6. The summed E-state index contributed by atoms with van der Waals surface area (Å²) in [6.07, 6.45) is -4.67. The number of carbonyl (C=O) groups excluding carboxylic acids is 1. The van der Waals surface area contributed by atoms with E-state index in [0.29, 0.717) is 5.01 Å². The number of alkyl halides is 3. The van der Waals surface area contributed by atoms with Crippen LogP contribution in [-0.4, -0.2) is 30.4 Å². The van der Waals surface area contributed by atoms with E-state index in [4.69, 9.17) is 5.84 Å². The molecule has 7 heteroatoms. The van der Waals surface area contributed by atoms with Crippen LogP contribution in [0.5, 0.6) is 0 Å². The SMILES string of the molecule is CC(=O)N(N)CCOC(F)(F)F. The number of halogens is 3. The van der Waals surface area contributed by atoms with E-state index in [0.717, 1.165) is 6.92 Å². The Labute approximate surface area is 67.0 Å². The third-order valence-electron chi connectivity index (χ3n) is 1.00. The van der Waals surface area contributed by atoms with E-state index in [1.807, 2.05) is 0 Å². The largest absolute Gasteiger partial charge is 0.522 e. The van der Waals surface area contributed by atoms with Crippen molar-refractivity contribution in [2.75, 3.05) is 13.2 Å². The van der Waals surface area contributed by atoms with Gasteiger partial charge in [0.1, 0.15) is 0 Å². The van der Waals surface area contributed by atoms with Crippen molar-refractivity contribution in [3.05, 3.63) is 0 Å². The summed E-state index contributed by atoms with van der Waals surface area (Å²) in [5.41, 5.74) is 0. The second kappa shape index (κ2) is 4.27. The molecule has 0 radical (unpaired) electrons. The van der Waals surface area contributed by atoms with Crippen LogP contribution in [0.25, 0.3) is 0 Å². The van der Waals surface area contributed by atoms with Crippen molar-refractivity contribution in [1.29, 1.82) is 0 Å². The number of rotatable bonds is 3. The fraction of sp³-hybridized carbons (Fsp3) is 0.800. The van der Waals surface area contributed by atoms with Gasteiger partial charge in [0.25, 0.3) is 0 Å². The fourth-order valence-electron chi connectivity index (χ4n) is 0.417. The highest BCUT2D eigenvalue weighted by atomic mass is 19.4. The van der Waals surface area contributed by atoms with Crippen LogP contribution in [0.4, 0.5) is 13.2 Å². The Morgan fingerprint density at radius 2 is 2.08 bits per heavy atom. The molecule has 2 N–H and O–H groups in total. The number of hydrogen-bond donors (Lipinski definition) is 1. The van der Waals surface area contributed by atoms with Crippen molar-refractivity contribution in [3.63, 3.8) is 0 Å². The maximum absolute atomic E-state index is 11.3. The average Bonchev–Trinajstić information content (AvgIpc) is 1.84. The van der Waals surface area contributed by atoms with Gasteiger partial charge in [-0.1, -0.05) is 0 Å². The molecule has 0 aromatic rings. The second-order valence-corrected chi connectivity index (χ2v) is 2.01. The Morgan fingerprint density at radius 3 is 2.42 bits per heavy atom. The van der Waals surface area contributed by atoms with Gasteiger partial charge in [-0.25, -0.2) is 5.84 Å². The predicted octanol–water partition coefficient (Wildman–Crippen LogP) is 0.245. The first-order chi connectivity index (χ1) is 5.33. The van der Waals surface area contributed by atoms with Crippen LogP contribution < -0.4 is 5.84 Å². The molecular weight excluding hydrogens is 177 g/mol. The summed E-state index contributed by atoms with van der Waals surface area (Å²) in [5, 5.41) is 0.645. The molecule has 0 bridgehead atoms. The average molecular weight is 186 g/mol. The lowest BCUT2D eigenvalue weighted by molar-refractivity contribution is -0.324. The van der Waals surface area contributed by atoms with E-state index in [9.17, 15) is 18.0 Å². The van der Waals surface area contributed by atoms with Crippen LogP contribution in [0.3, 0.4) is 0 Å². The van der Waals surface area contributed by atoms with Crippen LogP contribution in [-0.2, 0) is 9.53 Å². The highest BCUT2D eigenvalue weighted by molar-refractivity contribution is 5.72. The van der Waals surface area contributed by atoms with E-state index < -0.39 is 18.9 Å². The zero-order chi connectivity index (χ0) is 9.78. The van der Waals surface area contributed by atoms with Crippen LogP contribution in [0, 0.1) is 0 Å². The molecule has 0 unspecified atom stereocenters. The number of amides is 1. The molecule has 1 amide bonds. The maximum Gasteiger partial charge on any atom is 0.522 e. The van der Waals surface area contributed by atoms with E-state index in [1.165, 1.54) is 0 Å². The topological polar surface area (TPSA) is 55.6 Å². The summed E-state index contributed by atoms with van der Waals surface area (Å²) in [7, 11) is 0. The zero-order valence-corrected chi connectivity index (χ0v) is 6.39. The lowest BCUT2D eigenvalue weighted by Gasteiger charge is -2.14. The summed E-state index contributed by atoms with van der Waals surface area (Å²) in [6.45, 7) is 0.210. The van der Waals surface area contributed by atoms with Crippen LogP contribution in [0.2, 0.25) is 0 Å². The molecule has 4 nitrogen and oxygen atoms in total. The van der Waals surface area contributed by atoms with Gasteiger partial charge in [0.2, 0.25) is 5.91 Å².